The monoisotopic (exact) mass is 311 g/mol. The lowest BCUT2D eigenvalue weighted by molar-refractivity contribution is 0.457. The zero-order chi connectivity index (χ0) is 13.5. The second-order valence-corrected chi connectivity index (χ2v) is 6.93. The van der Waals surface area contributed by atoms with E-state index in [1.165, 1.54) is 17.4 Å². The van der Waals surface area contributed by atoms with Gasteiger partial charge in [0.25, 0.3) is 0 Å². The summed E-state index contributed by atoms with van der Waals surface area (Å²) in [6.07, 6.45) is 1.61. The van der Waals surface area contributed by atoms with Crippen molar-refractivity contribution in [3.8, 4) is 0 Å². The van der Waals surface area contributed by atoms with Crippen LogP contribution in [0.4, 0.5) is 4.39 Å². The van der Waals surface area contributed by atoms with Gasteiger partial charge in [0.2, 0.25) is 10.0 Å². The van der Waals surface area contributed by atoms with Crippen molar-refractivity contribution in [1.29, 1.82) is 0 Å². The normalized spacial score (nSPS) is 16.3. The first-order valence-corrected chi connectivity index (χ1v) is 7.75. The van der Waals surface area contributed by atoms with E-state index in [1.54, 1.807) is 0 Å². The Kier molecular flexibility index (Phi) is 3.88. The van der Waals surface area contributed by atoms with Crippen LogP contribution in [0, 0.1) is 5.82 Å². The molecule has 0 amide bonds. The average molecular weight is 312 g/mol. The molecule has 1 aliphatic carbocycles. The first kappa shape index (κ1) is 14.1. The molecule has 1 fully saturated rings. The standard InChI is InChI=1S/C11H12Cl2FNO2S/c1-15(9-2-3-9)18(16,17)10-5-8(13)4-7(6-12)11(10)14/h4-5,9H,2-3,6H2,1H3. The fraction of sp³-hybridized carbons (Fsp3) is 0.455. The van der Waals surface area contributed by atoms with Gasteiger partial charge < -0.3 is 0 Å². The second kappa shape index (κ2) is 4.96. The van der Waals surface area contributed by atoms with E-state index in [-0.39, 0.29) is 22.5 Å². The Hall–Kier alpha value is -0.360. The van der Waals surface area contributed by atoms with Crippen molar-refractivity contribution in [3.05, 3.63) is 28.5 Å². The van der Waals surface area contributed by atoms with Crippen molar-refractivity contribution in [3.63, 3.8) is 0 Å². The number of nitrogens with zero attached hydrogens (tertiary/aromatic N) is 1. The summed E-state index contributed by atoms with van der Waals surface area (Å²) in [5.41, 5.74) is 0.0898. The van der Waals surface area contributed by atoms with E-state index in [1.807, 2.05) is 0 Å². The summed E-state index contributed by atoms with van der Waals surface area (Å²) < 4.78 is 39.7. The molecule has 0 N–H and O–H groups in total. The van der Waals surface area contributed by atoms with Gasteiger partial charge in [-0.1, -0.05) is 11.6 Å². The van der Waals surface area contributed by atoms with Gasteiger partial charge in [0.15, 0.2) is 0 Å². The summed E-state index contributed by atoms with van der Waals surface area (Å²) in [4.78, 5) is -0.403. The molecule has 3 nitrogen and oxygen atoms in total. The molecule has 0 radical (unpaired) electrons. The molecule has 0 unspecified atom stereocenters. The van der Waals surface area contributed by atoms with Gasteiger partial charge in [-0.15, -0.1) is 11.6 Å². The van der Waals surface area contributed by atoms with Crippen LogP contribution in [0.1, 0.15) is 18.4 Å². The molecule has 1 aromatic carbocycles. The molecule has 7 heteroatoms. The molecule has 0 spiro atoms. The number of hydrogen-bond acceptors (Lipinski definition) is 2. The molecule has 0 atom stereocenters. The van der Waals surface area contributed by atoms with Crippen LogP contribution in [-0.2, 0) is 15.9 Å². The van der Waals surface area contributed by atoms with Crippen LogP contribution in [0.5, 0.6) is 0 Å². The van der Waals surface area contributed by atoms with Crippen molar-refractivity contribution in [2.45, 2.75) is 29.7 Å². The zero-order valence-corrected chi connectivity index (χ0v) is 12.0. The largest absolute Gasteiger partial charge is 0.246 e. The predicted molar refractivity (Wildman–Crippen MR) is 68.9 cm³/mol. The Balaban J connectivity index is 2.53. The van der Waals surface area contributed by atoms with Crippen molar-refractivity contribution in [2.24, 2.45) is 0 Å². The predicted octanol–water partition coefficient (Wildman–Crippen LogP) is 3.00. The van der Waals surface area contributed by atoms with Gasteiger partial charge in [0, 0.05) is 23.7 Å². The molecule has 100 valence electrons. The van der Waals surface area contributed by atoms with Crippen LogP contribution >= 0.6 is 23.2 Å². The maximum Gasteiger partial charge on any atom is 0.246 e. The molecule has 2 rings (SSSR count). The molecule has 0 saturated heterocycles. The van der Waals surface area contributed by atoms with Crippen LogP contribution in [0.25, 0.3) is 0 Å². The summed E-state index contributed by atoms with van der Waals surface area (Å²) in [6.45, 7) is 0. The van der Waals surface area contributed by atoms with E-state index in [0.29, 0.717) is 0 Å². The van der Waals surface area contributed by atoms with E-state index >= 15 is 0 Å². The second-order valence-electron chi connectivity index (χ2n) is 4.26. The highest BCUT2D eigenvalue weighted by Crippen LogP contribution is 2.33. The Morgan fingerprint density at radius 1 is 1.44 bits per heavy atom. The van der Waals surface area contributed by atoms with Gasteiger partial charge in [-0.2, -0.15) is 4.31 Å². The molecule has 0 heterocycles. The summed E-state index contributed by atoms with van der Waals surface area (Å²) in [5, 5.41) is 0.162. The van der Waals surface area contributed by atoms with Crippen LogP contribution < -0.4 is 0 Å². The third kappa shape index (κ3) is 2.50. The summed E-state index contributed by atoms with van der Waals surface area (Å²) in [7, 11) is -2.39. The third-order valence-electron chi connectivity index (χ3n) is 2.94. The van der Waals surface area contributed by atoms with Crippen molar-refractivity contribution >= 4 is 33.2 Å². The van der Waals surface area contributed by atoms with Gasteiger partial charge >= 0.3 is 0 Å². The van der Waals surface area contributed by atoms with Crippen molar-refractivity contribution in [1.82, 2.24) is 4.31 Å². The maximum atomic E-state index is 14.0. The molecule has 18 heavy (non-hydrogen) atoms. The summed E-state index contributed by atoms with van der Waals surface area (Å²) in [5.74, 6) is -0.941. The lowest BCUT2D eigenvalue weighted by Crippen LogP contribution is -2.29. The number of alkyl halides is 1. The molecule has 1 saturated carbocycles. The molecule has 1 aromatic rings. The molecule has 0 aliphatic heterocycles. The lowest BCUT2D eigenvalue weighted by atomic mass is 10.2. The molecule has 1 aliphatic rings. The van der Waals surface area contributed by atoms with Gasteiger partial charge in [-0.3, -0.25) is 0 Å². The first-order chi connectivity index (χ1) is 8.37. The number of benzene rings is 1. The number of hydrogen-bond donors (Lipinski definition) is 0. The fourth-order valence-corrected chi connectivity index (χ4v) is 3.74. The highest BCUT2D eigenvalue weighted by atomic mass is 35.5. The molecular formula is C11H12Cl2FNO2S. The summed E-state index contributed by atoms with van der Waals surface area (Å²) in [6, 6.07) is 2.43. The van der Waals surface area contributed by atoms with Crippen LogP contribution in [0.15, 0.2) is 17.0 Å². The van der Waals surface area contributed by atoms with Crippen LogP contribution in [-0.4, -0.2) is 25.8 Å². The summed E-state index contributed by atoms with van der Waals surface area (Å²) >= 11 is 11.4. The first-order valence-electron chi connectivity index (χ1n) is 5.40. The van der Waals surface area contributed by atoms with Gasteiger partial charge in [-0.05, 0) is 25.0 Å². The highest BCUT2D eigenvalue weighted by molar-refractivity contribution is 7.89. The maximum absolute atomic E-state index is 14.0. The van der Waals surface area contributed by atoms with E-state index in [2.05, 4.69) is 0 Å². The number of rotatable bonds is 4. The highest BCUT2D eigenvalue weighted by Gasteiger charge is 2.36. The third-order valence-corrected chi connectivity index (χ3v) is 5.36. The van der Waals surface area contributed by atoms with Gasteiger partial charge in [0.05, 0.1) is 5.88 Å². The van der Waals surface area contributed by atoms with Crippen molar-refractivity contribution in [2.75, 3.05) is 7.05 Å². The molecule has 0 bridgehead atoms. The van der Waals surface area contributed by atoms with E-state index in [9.17, 15) is 12.8 Å². The van der Waals surface area contributed by atoms with Gasteiger partial charge in [0.1, 0.15) is 10.7 Å². The quantitative estimate of drug-likeness (QED) is 0.802. The Morgan fingerprint density at radius 2 is 2.06 bits per heavy atom. The Bertz CT molecular complexity index is 573. The smallest absolute Gasteiger partial charge is 0.207 e. The van der Waals surface area contributed by atoms with E-state index in [0.717, 1.165) is 18.9 Å². The minimum Gasteiger partial charge on any atom is -0.207 e. The topological polar surface area (TPSA) is 37.4 Å². The average Bonchev–Trinajstić information content (AvgIpc) is 3.14. The minimum atomic E-state index is -3.85. The molecule has 0 aromatic heterocycles. The fourth-order valence-electron chi connectivity index (χ4n) is 1.69. The van der Waals surface area contributed by atoms with Gasteiger partial charge in [-0.25, -0.2) is 12.8 Å². The van der Waals surface area contributed by atoms with Crippen LogP contribution in [0.3, 0.4) is 0 Å². The number of sulfonamides is 1. The van der Waals surface area contributed by atoms with Crippen LogP contribution in [0.2, 0.25) is 5.02 Å². The van der Waals surface area contributed by atoms with Crippen molar-refractivity contribution < 1.29 is 12.8 Å². The Labute approximate surface area is 116 Å². The Morgan fingerprint density at radius 3 is 2.56 bits per heavy atom. The SMILES string of the molecule is CN(C1CC1)S(=O)(=O)c1cc(Cl)cc(CCl)c1F. The van der Waals surface area contributed by atoms with E-state index in [4.69, 9.17) is 23.2 Å². The molecular weight excluding hydrogens is 300 g/mol. The lowest BCUT2D eigenvalue weighted by Gasteiger charge is -2.17. The number of halogens is 3. The zero-order valence-electron chi connectivity index (χ0n) is 9.66. The van der Waals surface area contributed by atoms with E-state index < -0.39 is 20.7 Å². The minimum absolute atomic E-state index is 0.0344.